The van der Waals surface area contributed by atoms with Gasteiger partial charge in [0.05, 0.1) is 18.1 Å². The molecule has 3 rings (SSSR count). The van der Waals surface area contributed by atoms with Crippen LogP contribution in [0.2, 0.25) is 0 Å². The highest BCUT2D eigenvalue weighted by atomic mass is 32.2. The Morgan fingerprint density at radius 2 is 1.66 bits per heavy atom. The molecule has 2 aromatic carbocycles. The number of morpholine rings is 1. The fraction of sp³-hybridized carbons (Fsp3) is 0.235. The lowest BCUT2D eigenvalue weighted by Gasteiger charge is -2.26. The number of rotatable bonds is 5. The van der Waals surface area contributed by atoms with E-state index in [1.807, 2.05) is 0 Å². The summed E-state index contributed by atoms with van der Waals surface area (Å²) in [5.74, 6) is -0.933. The molecule has 1 fully saturated rings. The van der Waals surface area contributed by atoms with Gasteiger partial charge in [0.15, 0.2) is 0 Å². The fourth-order valence-corrected chi connectivity index (χ4v) is 4.16. The summed E-state index contributed by atoms with van der Waals surface area (Å²) in [4.78, 5) is 21.6. The molecule has 2 amide bonds. The number of urea groups is 1. The standard InChI is InChI=1S/C17H17FN4O6S/c18-15-6-3-13(11-16(15)29(26,27)21-7-9-28-10-8-21)20-17(23)19-12-1-4-14(5-2-12)22(24)25/h1-6,11H,7-10H2,(H2,19,20,23). The summed E-state index contributed by atoms with van der Waals surface area (Å²) < 4.78 is 45.8. The number of anilines is 2. The molecule has 0 aromatic heterocycles. The van der Waals surface area contributed by atoms with Gasteiger partial charge in [0, 0.05) is 36.6 Å². The van der Waals surface area contributed by atoms with Crippen LogP contribution in [0.25, 0.3) is 0 Å². The first-order valence-electron chi connectivity index (χ1n) is 8.47. The summed E-state index contributed by atoms with van der Waals surface area (Å²) in [6, 6.07) is 7.63. The van der Waals surface area contributed by atoms with Crippen LogP contribution in [0.1, 0.15) is 0 Å². The number of amides is 2. The molecule has 0 unspecified atom stereocenters. The molecule has 1 saturated heterocycles. The summed E-state index contributed by atoms with van der Waals surface area (Å²) >= 11 is 0. The lowest BCUT2D eigenvalue weighted by atomic mass is 10.3. The molecule has 0 radical (unpaired) electrons. The number of benzene rings is 2. The van der Waals surface area contributed by atoms with Crippen LogP contribution in [0.15, 0.2) is 47.4 Å². The van der Waals surface area contributed by atoms with Gasteiger partial charge in [-0.15, -0.1) is 0 Å². The van der Waals surface area contributed by atoms with Gasteiger partial charge >= 0.3 is 6.03 Å². The van der Waals surface area contributed by atoms with Crippen molar-refractivity contribution >= 4 is 33.1 Å². The third-order valence-corrected chi connectivity index (χ3v) is 6.03. The maximum absolute atomic E-state index is 14.2. The summed E-state index contributed by atoms with van der Waals surface area (Å²) in [6.07, 6.45) is 0. The summed E-state index contributed by atoms with van der Waals surface area (Å²) in [6.45, 7) is 0.660. The Bertz CT molecular complexity index is 1020. The molecule has 154 valence electrons. The average Bonchev–Trinajstić information content (AvgIpc) is 2.70. The molecule has 0 spiro atoms. The van der Waals surface area contributed by atoms with E-state index < -0.39 is 31.7 Å². The average molecular weight is 424 g/mol. The second kappa shape index (κ2) is 8.51. The van der Waals surface area contributed by atoms with Gasteiger partial charge in [-0.3, -0.25) is 10.1 Å². The molecule has 29 heavy (non-hydrogen) atoms. The van der Waals surface area contributed by atoms with E-state index in [0.29, 0.717) is 0 Å². The van der Waals surface area contributed by atoms with Gasteiger partial charge in [-0.25, -0.2) is 17.6 Å². The molecule has 1 aliphatic rings. The number of nitro benzene ring substituents is 1. The minimum absolute atomic E-state index is 0.0673. The Morgan fingerprint density at radius 3 is 2.28 bits per heavy atom. The second-order valence-electron chi connectivity index (χ2n) is 6.04. The van der Waals surface area contributed by atoms with Crippen LogP contribution < -0.4 is 10.6 Å². The van der Waals surface area contributed by atoms with Crippen LogP contribution in [-0.2, 0) is 14.8 Å². The monoisotopic (exact) mass is 424 g/mol. The van der Waals surface area contributed by atoms with Crippen molar-refractivity contribution in [1.82, 2.24) is 4.31 Å². The molecule has 0 bridgehead atoms. The molecule has 1 heterocycles. The van der Waals surface area contributed by atoms with Crippen molar-refractivity contribution in [3.63, 3.8) is 0 Å². The fourth-order valence-electron chi connectivity index (χ4n) is 2.66. The van der Waals surface area contributed by atoms with E-state index in [4.69, 9.17) is 4.74 Å². The van der Waals surface area contributed by atoms with Crippen molar-refractivity contribution in [2.24, 2.45) is 0 Å². The molecule has 1 aliphatic heterocycles. The molecule has 0 saturated carbocycles. The van der Waals surface area contributed by atoms with Crippen LogP contribution in [0.5, 0.6) is 0 Å². The van der Waals surface area contributed by atoms with Gasteiger partial charge < -0.3 is 15.4 Å². The highest BCUT2D eigenvalue weighted by molar-refractivity contribution is 7.89. The third-order valence-electron chi connectivity index (χ3n) is 4.11. The first-order valence-corrected chi connectivity index (χ1v) is 9.91. The van der Waals surface area contributed by atoms with Crippen LogP contribution in [0.4, 0.5) is 26.2 Å². The molecule has 10 nitrogen and oxygen atoms in total. The smallest absolute Gasteiger partial charge is 0.323 e. The minimum Gasteiger partial charge on any atom is -0.379 e. The topological polar surface area (TPSA) is 131 Å². The van der Waals surface area contributed by atoms with E-state index in [1.54, 1.807) is 0 Å². The number of nitro groups is 1. The van der Waals surface area contributed by atoms with E-state index in [-0.39, 0.29) is 43.4 Å². The van der Waals surface area contributed by atoms with E-state index in [0.717, 1.165) is 16.4 Å². The Hall–Kier alpha value is -3.09. The summed E-state index contributed by atoms with van der Waals surface area (Å²) in [5.41, 5.74) is 0.224. The predicted molar refractivity (Wildman–Crippen MR) is 102 cm³/mol. The Kier molecular flexibility index (Phi) is 6.06. The van der Waals surface area contributed by atoms with Crippen molar-refractivity contribution in [1.29, 1.82) is 0 Å². The quantitative estimate of drug-likeness (QED) is 0.560. The number of nitrogens with zero attached hydrogens (tertiary/aromatic N) is 2. The van der Waals surface area contributed by atoms with Crippen molar-refractivity contribution in [3.05, 3.63) is 58.4 Å². The SMILES string of the molecule is O=C(Nc1ccc([N+](=O)[O-])cc1)Nc1ccc(F)c(S(=O)(=O)N2CCOCC2)c1. The molecular formula is C17H17FN4O6S. The zero-order valence-corrected chi connectivity index (χ0v) is 15.8. The van der Waals surface area contributed by atoms with Crippen LogP contribution in [0, 0.1) is 15.9 Å². The molecule has 2 aromatic rings. The number of non-ortho nitro benzene ring substituents is 1. The number of hydrogen-bond donors (Lipinski definition) is 2. The van der Waals surface area contributed by atoms with Crippen LogP contribution in [-0.4, -0.2) is 50.0 Å². The first kappa shape index (κ1) is 20.6. The first-order chi connectivity index (χ1) is 13.8. The lowest BCUT2D eigenvalue weighted by molar-refractivity contribution is -0.384. The largest absolute Gasteiger partial charge is 0.379 e. The predicted octanol–water partition coefficient (Wildman–Crippen LogP) is 2.40. The van der Waals surface area contributed by atoms with Gasteiger partial charge in [0.25, 0.3) is 5.69 Å². The number of hydrogen-bond acceptors (Lipinski definition) is 6. The zero-order chi connectivity index (χ0) is 21.0. The minimum atomic E-state index is -4.08. The molecule has 0 atom stereocenters. The van der Waals surface area contributed by atoms with E-state index in [2.05, 4.69) is 10.6 Å². The van der Waals surface area contributed by atoms with Crippen LogP contribution in [0.3, 0.4) is 0 Å². The highest BCUT2D eigenvalue weighted by Crippen LogP contribution is 2.24. The van der Waals surface area contributed by atoms with E-state index >= 15 is 0 Å². The van der Waals surface area contributed by atoms with E-state index in [1.165, 1.54) is 30.3 Å². The number of carbonyl (C=O) groups is 1. The van der Waals surface area contributed by atoms with Crippen molar-refractivity contribution in [2.45, 2.75) is 4.90 Å². The Morgan fingerprint density at radius 1 is 1.07 bits per heavy atom. The molecule has 2 N–H and O–H groups in total. The van der Waals surface area contributed by atoms with Gasteiger partial charge in [-0.1, -0.05) is 0 Å². The third kappa shape index (κ3) is 4.85. The van der Waals surface area contributed by atoms with Gasteiger partial charge in [-0.05, 0) is 30.3 Å². The Labute approximate surface area is 165 Å². The molecular weight excluding hydrogens is 407 g/mol. The zero-order valence-electron chi connectivity index (χ0n) is 15.0. The Balaban J connectivity index is 1.73. The number of nitrogens with one attached hydrogen (secondary N) is 2. The maximum Gasteiger partial charge on any atom is 0.323 e. The maximum atomic E-state index is 14.2. The van der Waals surface area contributed by atoms with Crippen molar-refractivity contribution in [2.75, 3.05) is 36.9 Å². The number of sulfonamides is 1. The molecule has 12 heteroatoms. The number of carbonyl (C=O) groups excluding carboxylic acids is 1. The van der Waals surface area contributed by atoms with Crippen molar-refractivity contribution in [3.8, 4) is 0 Å². The summed E-state index contributed by atoms with van der Waals surface area (Å²) in [7, 11) is -4.08. The highest BCUT2D eigenvalue weighted by Gasteiger charge is 2.29. The van der Waals surface area contributed by atoms with Gasteiger partial charge in [0.1, 0.15) is 10.7 Å². The molecule has 0 aliphatic carbocycles. The van der Waals surface area contributed by atoms with Gasteiger partial charge in [-0.2, -0.15) is 4.31 Å². The number of halogens is 1. The lowest BCUT2D eigenvalue weighted by Crippen LogP contribution is -2.40. The normalized spacial score (nSPS) is 14.9. The summed E-state index contributed by atoms with van der Waals surface area (Å²) in [5, 5.41) is 15.5. The van der Waals surface area contributed by atoms with E-state index in [9.17, 15) is 27.7 Å². The number of ether oxygens (including phenoxy) is 1. The van der Waals surface area contributed by atoms with Gasteiger partial charge in [0.2, 0.25) is 10.0 Å². The van der Waals surface area contributed by atoms with Crippen LogP contribution >= 0.6 is 0 Å². The second-order valence-corrected chi connectivity index (χ2v) is 7.95. The van der Waals surface area contributed by atoms with Crippen molar-refractivity contribution < 1.29 is 27.3 Å².